The normalized spacial score (nSPS) is 13.1. The van der Waals surface area contributed by atoms with Crippen molar-refractivity contribution in [2.45, 2.75) is 26.7 Å². The maximum absolute atomic E-state index is 2.18. The summed E-state index contributed by atoms with van der Waals surface area (Å²) < 4.78 is 2.06. The average Bonchev–Trinajstić information content (AvgIpc) is 2.41. The second-order valence-electron chi connectivity index (χ2n) is 4.58. The molecule has 0 spiro atoms. The van der Waals surface area contributed by atoms with Crippen LogP contribution < -0.4 is 0 Å². The van der Waals surface area contributed by atoms with E-state index in [1.165, 1.54) is 11.1 Å². The summed E-state index contributed by atoms with van der Waals surface area (Å²) in [6.45, 7) is 4.24. The van der Waals surface area contributed by atoms with Crippen LogP contribution in [0, 0.1) is 6.92 Å². The maximum Gasteiger partial charge on any atom is 0.168 e. The van der Waals surface area contributed by atoms with Gasteiger partial charge in [0.2, 0.25) is 0 Å². The molecule has 0 aliphatic heterocycles. The van der Waals surface area contributed by atoms with Crippen LogP contribution in [0.3, 0.4) is 0 Å². The van der Waals surface area contributed by atoms with E-state index in [4.69, 9.17) is 0 Å². The Morgan fingerprint density at radius 2 is 1.79 bits per heavy atom. The Morgan fingerprint density at radius 1 is 1.05 bits per heavy atom. The van der Waals surface area contributed by atoms with E-state index in [-0.39, 0.29) is 0 Å². The van der Waals surface area contributed by atoms with Gasteiger partial charge in [-0.05, 0) is 37.5 Å². The number of benzene rings is 1. The third-order valence-corrected chi connectivity index (χ3v) is 2.69. The third kappa shape index (κ3) is 7.20. The van der Waals surface area contributed by atoms with Crippen LogP contribution in [-0.4, -0.2) is 17.8 Å². The van der Waals surface area contributed by atoms with Crippen molar-refractivity contribution in [1.29, 1.82) is 0 Å². The second kappa shape index (κ2) is 9.09. The predicted octanol–water partition coefficient (Wildman–Crippen LogP) is 4.59. The highest BCUT2D eigenvalue weighted by molar-refractivity contribution is 5.66. The van der Waals surface area contributed by atoms with E-state index >= 15 is 0 Å². The number of allylic oxidation sites excluding steroid dienone is 4. The molecule has 0 saturated carbocycles. The minimum absolute atomic E-state index is 0.948. The van der Waals surface area contributed by atoms with E-state index < -0.39 is 0 Å². The summed E-state index contributed by atoms with van der Waals surface area (Å²) in [5.74, 6) is 0. The fraction of sp³-hybridized carbons (Fsp3) is 0.278. The zero-order valence-electron chi connectivity index (χ0n) is 12.2. The number of aryl methyl sites for hydroxylation is 1. The van der Waals surface area contributed by atoms with Gasteiger partial charge in [-0.2, -0.15) is 0 Å². The lowest BCUT2D eigenvalue weighted by Crippen LogP contribution is -1.94. The fourth-order valence-corrected chi connectivity index (χ4v) is 1.57. The minimum Gasteiger partial charge on any atom is -0.208 e. The van der Waals surface area contributed by atoms with Gasteiger partial charge in [0.15, 0.2) is 12.4 Å². The third-order valence-electron chi connectivity index (χ3n) is 2.69. The molecular formula is C18H24N+. The van der Waals surface area contributed by atoms with Gasteiger partial charge in [0.25, 0.3) is 0 Å². The zero-order chi connectivity index (χ0) is 13.9. The summed E-state index contributed by atoms with van der Waals surface area (Å²) in [7, 11) is 2.04. The Labute approximate surface area is 117 Å². The predicted molar refractivity (Wildman–Crippen MR) is 85.6 cm³/mol. The molecule has 0 unspecified atom stereocenters. The molecule has 0 aliphatic rings. The van der Waals surface area contributed by atoms with Crippen molar-refractivity contribution in [3.63, 3.8) is 0 Å². The van der Waals surface area contributed by atoms with Crippen molar-refractivity contribution in [2.24, 2.45) is 0 Å². The van der Waals surface area contributed by atoms with Gasteiger partial charge in [-0.15, -0.1) is 0 Å². The largest absolute Gasteiger partial charge is 0.208 e. The molecule has 0 bridgehead atoms. The quantitative estimate of drug-likeness (QED) is 0.516. The van der Waals surface area contributed by atoms with Gasteiger partial charge in [-0.25, -0.2) is 4.58 Å². The number of rotatable bonds is 6. The van der Waals surface area contributed by atoms with Crippen molar-refractivity contribution in [3.8, 4) is 0 Å². The van der Waals surface area contributed by atoms with Gasteiger partial charge >= 0.3 is 0 Å². The molecule has 0 aromatic heterocycles. The van der Waals surface area contributed by atoms with Crippen molar-refractivity contribution in [3.05, 3.63) is 65.9 Å². The Balaban J connectivity index is 2.39. The molecule has 100 valence electrons. The van der Waals surface area contributed by atoms with E-state index in [1.807, 2.05) is 7.05 Å². The van der Waals surface area contributed by atoms with Crippen LogP contribution >= 0.6 is 0 Å². The Morgan fingerprint density at radius 3 is 2.47 bits per heavy atom. The molecular weight excluding hydrogens is 230 g/mol. The van der Waals surface area contributed by atoms with Gasteiger partial charge in [-0.3, -0.25) is 0 Å². The van der Waals surface area contributed by atoms with Gasteiger partial charge in [0, 0.05) is 0 Å². The lowest BCUT2D eigenvalue weighted by Gasteiger charge is -1.93. The van der Waals surface area contributed by atoms with E-state index in [9.17, 15) is 0 Å². The van der Waals surface area contributed by atoms with Gasteiger partial charge in [-0.1, -0.05) is 55.0 Å². The molecule has 1 aromatic rings. The number of hydrogen-bond donors (Lipinski definition) is 0. The van der Waals surface area contributed by atoms with Crippen LogP contribution in [0.1, 0.15) is 30.9 Å². The Kier molecular flexibility index (Phi) is 7.26. The van der Waals surface area contributed by atoms with Crippen LogP contribution in [0.15, 0.2) is 54.8 Å². The maximum atomic E-state index is 2.18. The smallest absolute Gasteiger partial charge is 0.168 e. The fourth-order valence-electron chi connectivity index (χ4n) is 1.57. The van der Waals surface area contributed by atoms with Crippen LogP contribution in [-0.2, 0) is 0 Å². The molecule has 1 nitrogen and oxygen atoms in total. The first-order valence-corrected chi connectivity index (χ1v) is 6.84. The molecule has 0 aliphatic carbocycles. The zero-order valence-corrected chi connectivity index (χ0v) is 12.2. The van der Waals surface area contributed by atoms with Crippen molar-refractivity contribution in [2.75, 3.05) is 7.05 Å². The highest BCUT2D eigenvalue weighted by Crippen LogP contribution is 2.05. The molecule has 0 N–H and O–H groups in total. The molecule has 1 heteroatoms. The molecule has 0 atom stereocenters. The first-order valence-electron chi connectivity index (χ1n) is 6.84. The summed E-state index contributed by atoms with van der Waals surface area (Å²) in [5, 5.41) is 0. The summed E-state index contributed by atoms with van der Waals surface area (Å²) in [4.78, 5) is 0. The Hall–Kier alpha value is -1.89. The first-order chi connectivity index (χ1) is 9.22. The Bertz CT molecular complexity index is 473. The van der Waals surface area contributed by atoms with E-state index in [2.05, 4.69) is 85.5 Å². The van der Waals surface area contributed by atoms with E-state index in [0.717, 1.165) is 12.8 Å². The highest BCUT2D eigenvalue weighted by Gasteiger charge is 1.86. The molecule has 1 aromatic carbocycles. The standard InChI is InChI=1S/C18H24N/c1-4-5-8-15-19(3)16-9-6-7-10-18-13-11-17(2)12-14-18/h5,7-16H,4,6H2,1-3H3/q+1/b8-5-,10-7+,16-9-,19-15-. The summed E-state index contributed by atoms with van der Waals surface area (Å²) in [5.41, 5.74) is 2.55. The highest BCUT2D eigenvalue weighted by atomic mass is 14.9. The molecule has 0 radical (unpaired) electrons. The van der Waals surface area contributed by atoms with Crippen LogP contribution in [0.5, 0.6) is 0 Å². The lowest BCUT2D eigenvalue weighted by molar-refractivity contribution is -0.416. The van der Waals surface area contributed by atoms with Crippen molar-refractivity contribution >= 4 is 12.3 Å². The minimum atomic E-state index is 0.948. The lowest BCUT2D eigenvalue weighted by atomic mass is 10.1. The average molecular weight is 254 g/mol. The van der Waals surface area contributed by atoms with E-state index in [1.54, 1.807) is 0 Å². The van der Waals surface area contributed by atoms with Crippen LogP contribution in [0.2, 0.25) is 0 Å². The van der Waals surface area contributed by atoms with Gasteiger partial charge < -0.3 is 0 Å². The van der Waals surface area contributed by atoms with Crippen LogP contribution in [0.25, 0.3) is 6.08 Å². The monoisotopic (exact) mass is 254 g/mol. The van der Waals surface area contributed by atoms with Crippen molar-refractivity contribution in [1.82, 2.24) is 0 Å². The first kappa shape index (κ1) is 15.2. The summed E-state index contributed by atoms with van der Waals surface area (Å²) in [6.07, 6.45) is 16.9. The topological polar surface area (TPSA) is 3.01 Å². The molecule has 1 rings (SSSR count). The van der Waals surface area contributed by atoms with Crippen molar-refractivity contribution < 1.29 is 4.58 Å². The number of hydrogen-bond acceptors (Lipinski definition) is 0. The summed E-state index contributed by atoms with van der Waals surface area (Å²) >= 11 is 0. The molecule has 0 saturated heterocycles. The number of nitrogens with zero attached hydrogens (tertiary/aromatic N) is 1. The SMILES string of the molecule is CC\C=C/C=[N+](C)\C=C/C/C=C/c1ccc(C)cc1. The van der Waals surface area contributed by atoms with E-state index in [0.29, 0.717) is 0 Å². The molecule has 0 fully saturated rings. The summed E-state index contributed by atoms with van der Waals surface area (Å²) in [6, 6.07) is 8.56. The van der Waals surface area contributed by atoms with Gasteiger partial charge in [0.1, 0.15) is 7.05 Å². The second-order valence-corrected chi connectivity index (χ2v) is 4.58. The molecule has 19 heavy (non-hydrogen) atoms. The van der Waals surface area contributed by atoms with Gasteiger partial charge in [0.05, 0.1) is 0 Å². The van der Waals surface area contributed by atoms with Crippen LogP contribution in [0.4, 0.5) is 0 Å². The molecule has 0 amide bonds. The molecule has 0 heterocycles.